The average Bonchev–Trinajstić information content (AvgIpc) is 2.72. The molecule has 0 aliphatic carbocycles. The molecule has 158 valence electrons. The van der Waals surface area contributed by atoms with E-state index < -0.39 is 29.4 Å². The van der Waals surface area contributed by atoms with E-state index >= 15 is 0 Å². The summed E-state index contributed by atoms with van der Waals surface area (Å²) in [5.41, 5.74) is 0.767. The summed E-state index contributed by atoms with van der Waals surface area (Å²) in [7, 11) is 3.13. The van der Waals surface area contributed by atoms with Crippen molar-refractivity contribution >= 4 is 11.9 Å². The number of piperidine rings is 1. The smallest absolute Gasteiger partial charge is 0.235 e. The molecule has 2 aliphatic rings. The van der Waals surface area contributed by atoms with Crippen LogP contribution in [0.25, 0.3) is 0 Å². The summed E-state index contributed by atoms with van der Waals surface area (Å²) >= 11 is 0. The number of methoxy groups -OCH3 is 2. The second kappa shape index (κ2) is 7.55. The van der Waals surface area contributed by atoms with Crippen LogP contribution in [-0.2, 0) is 16.0 Å². The van der Waals surface area contributed by atoms with Gasteiger partial charge in [0.15, 0.2) is 17.2 Å². The van der Waals surface area contributed by atoms with Crippen LogP contribution < -0.4 is 19.3 Å². The lowest BCUT2D eigenvalue weighted by atomic mass is 9.73. The highest BCUT2D eigenvalue weighted by Gasteiger charge is 2.54. The van der Waals surface area contributed by atoms with Crippen LogP contribution >= 0.6 is 0 Å². The van der Waals surface area contributed by atoms with Gasteiger partial charge in [0.2, 0.25) is 5.91 Å². The molecule has 1 fully saturated rings. The number of carboxylic acid groups (broad SMARTS) is 1. The largest absolute Gasteiger partial charge is 0.549 e. The van der Waals surface area contributed by atoms with Gasteiger partial charge in [-0.2, -0.15) is 0 Å². The predicted molar refractivity (Wildman–Crippen MR) is 106 cm³/mol. The number of ether oxygens (including phenoxy) is 3. The molecule has 0 spiro atoms. The number of amides is 1. The van der Waals surface area contributed by atoms with Gasteiger partial charge in [0.05, 0.1) is 26.1 Å². The normalized spacial score (nSPS) is 24.6. The predicted octanol–water partition coefficient (Wildman–Crippen LogP) is 1.74. The van der Waals surface area contributed by atoms with Crippen LogP contribution in [-0.4, -0.2) is 43.3 Å². The highest BCUT2D eigenvalue weighted by molar-refractivity contribution is 5.98. The molecule has 1 saturated heterocycles. The third kappa shape index (κ3) is 3.24. The van der Waals surface area contributed by atoms with Gasteiger partial charge in [0.25, 0.3) is 0 Å². The number of hydrogen-bond acceptors (Lipinski definition) is 6. The van der Waals surface area contributed by atoms with E-state index in [-0.39, 0.29) is 0 Å². The highest BCUT2D eigenvalue weighted by atomic mass is 16.5. The molecule has 3 atom stereocenters. The highest BCUT2D eigenvalue weighted by Crippen LogP contribution is 2.49. The van der Waals surface area contributed by atoms with Crippen LogP contribution in [0.4, 0.5) is 0 Å². The van der Waals surface area contributed by atoms with E-state index in [1.54, 1.807) is 20.3 Å². The summed E-state index contributed by atoms with van der Waals surface area (Å²) in [4.78, 5) is 26.7. The molecule has 0 saturated carbocycles. The second-order valence-corrected chi connectivity index (χ2v) is 7.85. The Balaban J connectivity index is 1.64. The second-order valence-electron chi connectivity index (χ2n) is 7.85. The first-order chi connectivity index (χ1) is 14.4. The zero-order valence-electron chi connectivity index (χ0n) is 17.2. The van der Waals surface area contributed by atoms with Crippen LogP contribution in [0, 0.1) is 5.92 Å². The van der Waals surface area contributed by atoms with Crippen molar-refractivity contribution in [2.24, 2.45) is 5.92 Å². The van der Waals surface area contributed by atoms with Gasteiger partial charge in [-0.3, -0.25) is 4.79 Å². The zero-order valence-corrected chi connectivity index (χ0v) is 17.2. The Kier molecular flexibility index (Phi) is 5.05. The van der Waals surface area contributed by atoms with Crippen molar-refractivity contribution in [3.63, 3.8) is 0 Å². The fourth-order valence-electron chi connectivity index (χ4n) is 4.60. The first-order valence-electron chi connectivity index (χ1n) is 9.89. The molecular formula is C23H24NO6-. The van der Waals surface area contributed by atoms with E-state index in [0.29, 0.717) is 36.6 Å². The molecule has 7 heteroatoms. The molecule has 0 N–H and O–H groups in total. The Morgan fingerprint density at radius 1 is 1.20 bits per heavy atom. The molecule has 2 bridgehead atoms. The quantitative estimate of drug-likeness (QED) is 0.674. The molecule has 7 nitrogen and oxygen atoms in total. The van der Waals surface area contributed by atoms with Crippen molar-refractivity contribution in [3.8, 4) is 17.2 Å². The summed E-state index contributed by atoms with van der Waals surface area (Å²) in [6.07, 6.45) is 0.914. The van der Waals surface area contributed by atoms with Gasteiger partial charge in [0, 0.05) is 18.9 Å². The summed E-state index contributed by atoms with van der Waals surface area (Å²) in [5.74, 6) is -1.67. The third-order valence-corrected chi connectivity index (χ3v) is 6.08. The van der Waals surface area contributed by atoms with Gasteiger partial charge in [-0.25, -0.2) is 0 Å². The molecular weight excluding hydrogens is 386 g/mol. The lowest BCUT2D eigenvalue weighted by molar-refractivity contribution is -0.313. The van der Waals surface area contributed by atoms with Crippen LogP contribution in [0.2, 0.25) is 0 Å². The fourth-order valence-corrected chi connectivity index (χ4v) is 4.60. The first kappa shape index (κ1) is 20.1. The SMILES string of the molecule is COc1ccc(CCN2C(=O)[C@@H](C(=O)[O-])[C@H]3C[C@]2(C)Oc2ccccc23)cc1OC. The summed E-state index contributed by atoms with van der Waals surface area (Å²) in [6, 6.07) is 12.9. The van der Waals surface area contributed by atoms with Crippen LogP contribution in [0.1, 0.15) is 30.4 Å². The van der Waals surface area contributed by atoms with E-state index in [1.807, 2.05) is 43.3 Å². The van der Waals surface area contributed by atoms with Crippen molar-refractivity contribution in [2.75, 3.05) is 20.8 Å². The van der Waals surface area contributed by atoms with E-state index in [4.69, 9.17) is 14.2 Å². The van der Waals surface area contributed by atoms with Crippen LogP contribution in [0.15, 0.2) is 42.5 Å². The van der Waals surface area contributed by atoms with Gasteiger partial charge < -0.3 is 29.0 Å². The molecule has 2 heterocycles. The molecule has 0 radical (unpaired) electrons. The number of nitrogens with zero attached hydrogens (tertiary/aromatic N) is 1. The molecule has 30 heavy (non-hydrogen) atoms. The Morgan fingerprint density at radius 2 is 1.93 bits per heavy atom. The first-order valence-corrected chi connectivity index (χ1v) is 9.89. The number of aliphatic carboxylic acids is 1. The monoisotopic (exact) mass is 410 g/mol. The lowest BCUT2D eigenvalue weighted by Crippen LogP contribution is -2.65. The van der Waals surface area contributed by atoms with E-state index in [0.717, 1.165) is 11.1 Å². The van der Waals surface area contributed by atoms with Gasteiger partial charge in [-0.15, -0.1) is 0 Å². The molecule has 0 unspecified atom stereocenters. The van der Waals surface area contributed by atoms with Crippen molar-refractivity contribution in [3.05, 3.63) is 53.6 Å². The molecule has 2 aliphatic heterocycles. The van der Waals surface area contributed by atoms with E-state index in [2.05, 4.69) is 0 Å². The number of hydrogen-bond donors (Lipinski definition) is 0. The van der Waals surface area contributed by atoms with Crippen molar-refractivity contribution in [1.29, 1.82) is 0 Å². The number of rotatable bonds is 6. The molecule has 0 aromatic heterocycles. The van der Waals surface area contributed by atoms with Gasteiger partial charge in [-0.1, -0.05) is 24.3 Å². The summed E-state index contributed by atoms with van der Waals surface area (Å²) in [5, 5.41) is 11.9. The Morgan fingerprint density at radius 3 is 2.63 bits per heavy atom. The zero-order chi connectivity index (χ0) is 21.5. The number of carbonyl (C=O) groups is 2. The standard InChI is InChI=1S/C23H25NO6/c1-23-13-16(15-6-4-5-7-17(15)30-23)20(22(26)27)21(25)24(23)11-10-14-8-9-18(28-2)19(12-14)29-3/h4-9,12,16,20H,10-11,13H2,1-3H3,(H,26,27)/p-1/t16-,20-,23-/m0/s1. The van der Waals surface area contributed by atoms with E-state index in [9.17, 15) is 14.7 Å². The third-order valence-electron chi connectivity index (χ3n) is 6.08. The number of benzene rings is 2. The van der Waals surface area contributed by atoms with Crippen LogP contribution in [0.5, 0.6) is 17.2 Å². The van der Waals surface area contributed by atoms with E-state index in [1.165, 1.54) is 4.90 Å². The van der Waals surface area contributed by atoms with Crippen LogP contribution in [0.3, 0.4) is 0 Å². The van der Waals surface area contributed by atoms with Crippen molar-refractivity contribution in [1.82, 2.24) is 4.90 Å². The number of para-hydroxylation sites is 1. The summed E-state index contributed by atoms with van der Waals surface area (Å²) in [6.45, 7) is 2.15. The molecule has 2 aromatic carbocycles. The van der Waals surface area contributed by atoms with Gasteiger partial charge in [-0.05, 0) is 42.7 Å². The molecule has 4 rings (SSSR count). The van der Waals surface area contributed by atoms with Crippen molar-refractivity contribution < 1.29 is 28.9 Å². The maximum atomic E-state index is 13.2. The minimum Gasteiger partial charge on any atom is -0.549 e. The Labute approximate surface area is 175 Å². The number of carbonyl (C=O) groups excluding carboxylic acids is 2. The number of carboxylic acids is 1. The van der Waals surface area contributed by atoms with Gasteiger partial charge >= 0.3 is 0 Å². The minimum absolute atomic E-state index is 0.309. The van der Waals surface area contributed by atoms with Crippen molar-refractivity contribution in [2.45, 2.75) is 31.4 Å². The minimum atomic E-state index is -1.35. The maximum absolute atomic E-state index is 13.2. The summed E-state index contributed by atoms with van der Waals surface area (Å²) < 4.78 is 16.8. The molecule has 2 aromatic rings. The average molecular weight is 410 g/mol. The number of fused-ring (bicyclic) bond motifs is 4. The maximum Gasteiger partial charge on any atom is 0.235 e. The number of likely N-dealkylation sites (tertiary alicyclic amines) is 1. The molecule has 1 amide bonds. The topological polar surface area (TPSA) is 88.1 Å². The van der Waals surface area contributed by atoms with Gasteiger partial charge in [0.1, 0.15) is 5.75 Å². The Hall–Kier alpha value is -3.22. The lowest BCUT2D eigenvalue weighted by Gasteiger charge is -2.53. The Bertz CT molecular complexity index is 989. The fraction of sp³-hybridized carbons (Fsp3) is 0.391.